The maximum Gasteiger partial charge on any atom is 0.416 e. The van der Waals surface area contributed by atoms with E-state index in [-0.39, 0.29) is 16.8 Å². The van der Waals surface area contributed by atoms with Gasteiger partial charge < -0.3 is 10.2 Å². The standard InChI is InChI=1S/C18H23ClF3N3O/c19-16-9-13(8-15(10-16)18(20,21)22)11-24-5-1-2-14(12-24)17(26)25-6-3-23-4-7-25/h8-10,14,23H,1-7,11-12H2. The van der Waals surface area contributed by atoms with E-state index in [4.69, 9.17) is 11.6 Å². The van der Waals surface area contributed by atoms with Gasteiger partial charge in [0.1, 0.15) is 0 Å². The van der Waals surface area contributed by atoms with Gasteiger partial charge in [0.25, 0.3) is 0 Å². The van der Waals surface area contributed by atoms with Gasteiger partial charge in [-0.1, -0.05) is 11.6 Å². The summed E-state index contributed by atoms with van der Waals surface area (Å²) in [6, 6.07) is 3.66. The first-order valence-electron chi connectivity index (χ1n) is 8.91. The zero-order chi connectivity index (χ0) is 18.7. The number of nitrogens with one attached hydrogen (secondary N) is 1. The van der Waals surface area contributed by atoms with Crippen molar-refractivity contribution in [2.45, 2.75) is 25.6 Å². The number of amides is 1. The van der Waals surface area contributed by atoms with E-state index in [1.165, 1.54) is 0 Å². The first kappa shape index (κ1) is 19.5. The molecule has 0 bridgehead atoms. The molecule has 1 aromatic carbocycles. The minimum absolute atomic E-state index is 0.0804. The lowest BCUT2D eigenvalue weighted by Crippen LogP contribution is -2.51. The second kappa shape index (κ2) is 8.15. The number of piperazine rings is 1. The zero-order valence-electron chi connectivity index (χ0n) is 14.5. The Morgan fingerprint density at radius 1 is 1.19 bits per heavy atom. The number of benzene rings is 1. The normalized spacial score (nSPS) is 22.5. The predicted octanol–water partition coefficient (Wildman–Crippen LogP) is 3.00. The number of halogens is 4. The fraction of sp³-hybridized carbons (Fsp3) is 0.611. The van der Waals surface area contributed by atoms with Crippen molar-refractivity contribution in [3.63, 3.8) is 0 Å². The number of likely N-dealkylation sites (tertiary alicyclic amines) is 1. The van der Waals surface area contributed by atoms with Gasteiger partial charge in [0.15, 0.2) is 0 Å². The summed E-state index contributed by atoms with van der Waals surface area (Å²) in [5, 5.41) is 3.31. The monoisotopic (exact) mass is 389 g/mol. The largest absolute Gasteiger partial charge is 0.416 e. The van der Waals surface area contributed by atoms with Gasteiger partial charge in [-0.05, 0) is 43.1 Å². The van der Waals surface area contributed by atoms with Crippen LogP contribution in [0.15, 0.2) is 18.2 Å². The zero-order valence-corrected chi connectivity index (χ0v) is 15.2. The smallest absolute Gasteiger partial charge is 0.340 e. The minimum Gasteiger partial charge on any atom is -0.340 e. The number of carbonyl (C=O) groups excluding carboxylic acids is 1. The van der Waals surface area contributed by atoms with Crippen LogP contribution in [0.1, 0.15) is 24.0 Å². The number of hydrogen-bond donors (Lipinski definition) is 1. The van der Waals surface area contributed by atoms with Crippen molar-refractivity contribution >= 4 is 17.5 Å². The van der Waals surface area contributed by atoms with E-state index in [9.17, 15) is 18.0 Å². The van der Waals surface area contributed by atoms with Crippen LogP contribution >= 0.6 is 11.6 Å². The number of nitrogens with zero attached hydrogens (tertiary/aromatic N) is 2. The molecule has 1 N–H and O–H groups in total. The summed E-state index contributed by atoms with van der Waals surface area (Å²) in [5.41, 5.74) is -0.203. The van der Waals surface area contributed by atoms with Gasteiger partial charge in [0.05, 0.1) is 11.5 Å². The Bertz CT molecular complexity index is 647. The molecule has 2 saturated heterocycles. The maximum absolute atomic E-state index is 13.0. The van der Waals surface area contributed by atoms with Crippen molar-refractivity contribution in [1.82, 2.24) is 15.1 Å². The fourth-order valence-electron chi connectivity index (χ4n) is 3.71. The highest BCUT2D eigenvalue weighted by Crippen LogP contribution is 2.32. The summed E-state index contributed by atoms with van der Waals surface area (Å²) in [7, 11) is 0. The highest BCUT2D eigenvalue weighted by atomic mass is 35.5. The maximum atomic E-state index is 13.0. The first-order chi connectivity index (χ1) is 12.3. The molecule has 2 fully saturated rings. The van der Waals surface area contributed by atoms with E-state index < -0.39 is 11.7 Å². The Morgan fingerprint density at radius 2 is 1.92 bits per heavy atom. The molecule has 144 valence electrons. The van der Waals surface area contributed by atoms with Crippen LogP contribution in [-0.2, 0) is 17.5 Å². The van der Waals surface area contributed by atoms with Crippen LogP contribution in [0.3, 0.4) is 0 Å². The molecule has 2 heterocycles. The Morgan fingerprint density at radius 3 is 2.62 bits per heavy atom. The Balaban J connectivity index is 1.65. The first-order valence-corrected chi connectivity index (χ1v) is 9.29. The van der Waals surface area contributed by atoms with Gasteiger partial charge in [-0.15, -0.1) is 0 Å². The molecule has 0 aromatic heterocycles. The molecule has 2 aliphatic rings. The topological polar surface area (TPSA) is 35.6 Å². The highest BCUT2D eigenvalue weighted by molar-refractivity contribution is 6.30. The third kappa shape index (κ3) is 4.90. The lowest BCUT2D eigenvalue weighted by atomic mass is 9.95. The van der Waals surface area contributed by atoms with Gasteiger partial charge in [-0.25, -0.2) is 0 Å². The highest BCUT2D eigenvalue weighted by Gasteiger charge is 2.32. The Labute approximate surface area is 156 Å². The number of hydrogen-bond acceptors (Lipinski definition) is 3. The van der Waals surface area contributed by atoms with Crippen molar-refractivity contribution in [3.05, 3.63) is 34.3 Å². The van der Waals surface area contributed by atoms with Gasteiger partial charge >= 0.3 is 6.18 Å². The number of carbonyl (C=O) groups is 1. The second-order valence-corrected chi connectivity index (χ2v) is 7.43. The lowest BCUT2D eigenvalue weighted by molar-refractivity contribution is -0.138. The van der Waals surface area contributed by atoms with Crippen LogP contribution in [0.25, 0.3) is 0 Å². The summed E-state index contributed by atoms with van der Waals surface area (Å²) in [6.07, 6.45) is -2.71. The van der Waals surface area contributed by atoms with Crippen LogP contribution < -0.4 is 5.32 Å². The summed E-state index contributed by atoms with van der Waals surface area (Å²) in [6.45, 7) is 4.79. The van der Waals surface area contributed by atoms with Gasteiger partial charge in [-0.3, -0.25) is 9.69 Å². The number of rotatable bonds is 3. The van der Waals surface area contributed by atoms with Crippen LogP contribution in [0.5, 0.6) is 0 Å². The van der Waals surface area contributed by atoms with Gasteiger partial charge in [-0.2, -0.15) is 13.2 Å². The number of piperidine rings is 1. The molecule has 2 aliphatic heterocycles. The van der Waals surface area contributed by atoms with Gasteiger partial charge in [0, 0.05) is 44.3 Å². The molecule has 0 saturated carbocycles. The molecule has 0 spiro atoms. The minimum atomic E-state index is -4.41. The molecular weight excluding hydrogens is 367 g/mol. The molecule has 1 unspecified atom stereocenters. The average Bonchev–Trinajstić information content (AvgIpc) is 2.61. The Hall–Kier alpha value is -1.31. The van der Waals surface area contributed by atoms with E-state index in [0.717, 1.165) is 57.7 Å². The lowest BCUT2D eigenvalue weighted by Gasteiger charge is -2.36. The molecule has 1 atom stereocenters. The van der Waals surface area contributed by atoms with Crippen LogP contribution in [0, 0.1) is 5.92 Å². The van der Waals surface area contributed by atoms with E-state index >= 15 is 0 Å². The van der Waals surface area contributed by atoms with E-state index in [1.54, 1.807) is 6.07 Å². The van der Waals surface area contributed by atoms with Crippen molar-refractivity contribution < 1.29 is 18.0 Å². The van der Waals surface area contributed by atoms with Crippen molar-refractivity contribution in [3.8, 4) is 0 Å². The van der Waals surface area contributed by atoms with Crippen LogP contribution in [0.4, 0.5) is 13.2 Å². The molecular formula is C18H23ClF3N3O. The van der Waals surface area contributed by atoms with E-state index in [1.807, 2.05) is 4.90 Å². The molecule has 0 radical (unpaired) electrons. The fourth-order valence-corrected chi connectivity index (χ4v) is 3.97. The molecule has 1 aromatic rings. The van der Waals surface area contributed by atoms with E-state index in [0.29, 0.717) is 18.7 Å². The quantitative estimate of drug-likeness (QED) is 0.863. The summed E-state index contributed by atoms with van der Waals surface area (Å²) >= 11 is 5.87. The van der Waals surface area contributed by atoms with Gasteiger partial charge in [0.2, 0.25) is 5.91 Å². The second-order valence-electron chi connectivity index (χ2n) is 7.00. The number of alkyl halides is 3. The molecule has 1 amide bonds. The third-order valence-corrected chi connectivity index (χ3v) is 5.19. The summed E-state index contributed by atoms with van der Waals surface area (Å²) in [4.78, 5) is 16.6. The summed E-state index contributed by atoms with van der Waals surface area (Å²) in [5.74, 6) is 0.0846. The Kier molecular flexibility index (Phi) is 6.10. The van der Waals surface area contributed by atoms with Crippen molar-refractivity contribution in [1.29, 1.82) is 0 Å². The average molecular weight is 390 g/mol. The SMILES string of the molecule is O=C(C1CCCN(Cc2cc(Cl)cc(C(F)(F)F)c2)C1)N1CCNCC1. The van der Waals surface area contributed by atoms with Crippen molar-refractivity contribution in [2.24, 2.45) is 5.92 Å². The molecule has 3 rings (SSSR count). The molecule has 26 heavy (non-hydrogen) atoms. The molecule has 8 heteroatoms. The molecule has 0 aliphatic carbocycles. The predicted molar refractivity (Wildman–Crippen MR) is 93.9 cm³/mol. The van der Waals surface area contributed by atoms with Crippen molar-refractivity contribution in [2.75, 3.05) is 39.3 Å². The summed E-state index contributed by atoms with van der Waals surface area (Å²) < 4.78 is 38.9. The van der Waals surface area contributed by atoms with Crippen LogP contribution in [-0.4, -0.2) is 55.0 Å². The molecule has 4 nitrogen and oxygen atoms in total. The van der Waals surface area contributed by atoms with Crippen LogP contribution in [0.2, 0.25) is 5.02 Å². The third-order valence-electron chi connectivity index (χ3n) is 4.97. The van der Waals surface area contributed by atoms with E-state index in [2.05, 4.69) is 10.2 Å².